The van der Waals surface area contributed by atoms with Crippen molar-refractivity contribution in [3.8, 4) is 0 Å². The van der Waals surface area contributed by atoms with Gasteiger partial charge in [-0.05, 0) is 6.42 Å². The molecule has 1 saturated heterocycles. The normalized spacial score (nSPS) is 18.9. The number of alkyl halides is 3. The third-order valence-corrected chi connectivity index (χ3v) is 2.23. The van der Waals surface area contributed by atoms with Crippen LogP contribution in [0.15, 0.2) is 0 Å². The molecule has 2 N–H and O–H groups in total. The van der Waals surface area contributed by atoms with Gasteiger partial charge in [-0.3, -0.25) is 9.59 Å². The number of carboxylic acid groups (broad SMARTS) is 2. The molecule has 1 unspecified atom stereocenters. The van der Waals surface area contributed by atoms with Crippen molar-refractivity contribution >= 4 is 17.8 Å². The van der Waals surface area contributed by atoms with Crippen LogP contribution >= 0.6 is 0 Å². The number of carbonyl (C=O) groups excluding carboxylic acids is 1. The maximum atomic E-state index is 10.7. The number of carboxylic acids is 2. The molecule has 0 aliphatic carbocycles. The molecule has 1 aliphatic rings. The minimum atomic E-state index is -5.08. The van der Waals surface area contributed by atoms with Crippen molar-refractivity contribution in [1.82, 2.24) is 4.90 Å². The maximum Gasteiger partial charge on any atom is 0.490 e. The van der Waals surface area contributed by atoms with E-state index in [0.29, 0.717) is 19.5 Å². The summed E-state index contributed by atoms with van der Waals surface area (Å²) >= 11 is 0. The molecule has 0 radical (unpaired) electrons. The zero-order chi connectivity index (χ0) is 14.5. The van der Waals surface area contributed by atoms with Crippen molar-refractivity contribution in [2.45, 2.75) is 19.5 Å². The van der Waals surface area contributed by atoms with E-state index in [9.17, 15) is 22.8 Å². The minimum absolute atomic E-state index is 0.0336. The fraction of sp³-hybridized carbons (Fsp3) is 0.667. The number of halogens is 3. The molecule has 0 aromatic carbocycles. The van der Waals surface area contributed by atoms with E-state index < -0.39 is 18.1 Å². The number of aliphatic carboxylic acids is 2. The van der Waals surface area contributed by atoms with Crippen molar-refractivity contribution in [3.05, 3.63) is 0 Å². The zero-order valence-electron chi connectivity index (χ0n) is 9.40. The molecule has 18 heavy (non-hydrogen) atoms. The molecule has 1 heterocycles. The van der Waals surface area contributed by atoms with Gasteiger partial charge >= 0.3 is 18.1 Å². The zero-order valence-corrected chi connectivity index (χ0v) is 9.40. The van der Waals surface area contributed by atoms with E-state index in [2.05, 4.69) is 0 Å². The van der Waals surface area contributed by atoms with E-state index in [1.165, 1.54) is 6.92 Å². The number of likely N-dealkylation sites (tertiary alicyclic amines) is 1. The topological polar surface area (TPSA) is 94.9 Å². The Morgan fingerprint density at radius 2 is 1.67 bits per heavy atom. The van der Waals surface area contributed by atoms with Gasteiger partial charge in [0, 0.05) is 20.0 Å². The second-order valence-corrected chi connectivity index (χ2v) is 3.59. The first kappa shape index (κ1) is 16.2. The van der Waals surface area contributed by atoms with Crippen LogP contribution in [-0.2, 0) is 14.4 Å². The SMILES string of the molecule is CC(=O)N1CCC(C(=O)O)C1.O=C(O)C(F)(F)F. The average Bonchev–Trinajstić information content (AvgIpc) is 2.65. The smallest absolute Gasteiger partial charge is 0.481 e. The van der Waals surface area contributed by atoms with Gasteiger partial charge in [0.25, 0.3) is 0 Å². The Kier molecular flexibility index (Phi) is 5.60. The lowest BCUT2D eigenvalue weighted by molar-refractivity contribution is -0.192. The van der Waals surface area contributed by atoms with Crippen LogP contribution < -0.4 is 0 Å². The Morgan fingerprint density at radius 3 is 1.83 bits per heavy atom. The Morgan fingerprint density at radius 1 is 1.22 bits per heavy atom. The second kappa shape index (κ2) is 6.22. The largest absolute Gasteiger partial charge is 0.490 e. The van der Waals surface area contributed by atoms with Crippen LogP contribution in [0.3, 0.4) is 0 Å². The molecular weight excluding hydrogens is 259 g/mol. The molecule has 1 atom stereocenters. The van der Waals surface area contributed by atoms with Crippen LogP contribution in [0.2, 0.25) is 0 Å². The maximum absolute atomic E-state index is 10.7. The molecule has 0 spiro atoms. The van der Waals surface area contributed by atoms with Crippen molar-refractivity contribution in [2.75, 3.05) is 13.1 Å². The number of hydrogen-bond donors (Lipinski definition) is 2. The van der Waals surface area contributed by atoms with Crippen LogP contribution in [0.25, 0.3) is 0 Å². The highest BCUT2D eigenvalue weighted by Gasteiger charge is 2.38. The molecule has 1 fully saturated rings. The van der Waals surface area contributed by atoms with E-state index in [1.807, 2.05) is 0 Å². The molecule has 0 aromatic heterocycles. The molecule has 104 valence electrons. The van der Waals surface area contributed by atoms with Crippen LogP contribution in [0, 0.1) is 5.92 Å². The van der Waals surface area contributed by atoms with Gasteiger partial charge in [0.05, 0.1) is 5.92 Å². The van der Waals surface area contributed by atoms with Gasteiger partial charge in [0.15, 0.2) is 0 Å². The molecule has 0 aromatic rings. The summed E-state index contributed by atoms with van der Waals surface area (Å²) in [7, 11) is 0. The Bertz CT molecular complexity index is 322. The lowest BCUT2D eigenvalue weighted by atomic mass is 10.1. The summed E-state index contributed by atoms with van der Waals surface area (Å²) in [5.74, 6) is -3.94. The predicted octanol–water partition coefficient (Wildman–Crippen LogP) is 0.573. The van der Waals surface area contributed by atoms with Crippen LogP contribution in [0.4, 0.5) is 13.2 Å². The molecule has 1 aliphatic heterocycles. The molecular formula is C9H12F3NO5. The highest BCUT2D eigenvalue weighted by molar-refractivity contribution is 5.76. The van der Waals surface area contributed by atoms with E-state index in [4.69, 9.17) is 15.0 Å². The molecule has 0 bridgehead atoms. The molecule has 1 rings (SSSR count). The van der Waals surface area contributed by atoms with E-state index in [0.717, 1.165) is 0 Å². The van der Waals surface area contributed by atoms with Gasteiger partial charge in [0.1, 0.15) is 0 Å². The predicted molar refractivity (Wildman–Crippen MR) is 51.7 cm³/mol. The number of hydrogen-bond acceptors (Lipinski definition) is 3. The summed E-state index contributed by atoms with van der Waals surface area (Å²) in [6.45, 7) is 2.43. The van der Waals surface area contributed by atoms with Crippen molar-refractivity contribution in [2.24, 2.45) is 5.92 Å². The molecule has 9 heteroatoms. The summed E-state index contributed by atoms with van der Waals surface area (Å²) in [5.41, 5.74) is 0. The third-order valence-electron chi connectivity index (χ3n) is 2.23. The fourth-order valence-electron chi connectivity index (χ4n) is 1.25. The van der Waals surface area contributed by atoms with E-state index in [-0.39, 0.29) is 11.8 Å². The summed E-state index contributed by atoms with van der Waals surface area (Å²) in [4.78, 5) is 31.6. The number of rotatable bonds is 1. The van der Waals surface area contributed by atoms with E-state index >= 15 is 0 Å². The monoisotopic (exact) mass is 271 g/mol. The average molecular weight is 271 g/mol. The first-order valence-corrected chi connectivity index (χ1v) is 4.84. The van der Waals surface area contributed by atoms with Gasteiger partial charge in [-0.2, -0.15) is 13.2 Å². The highest BCUT2D eigenvalue weighted by Crippen LogP contribution is 2.15. The van der Waals surface area contributed by atoms with Gasteiger partial charge in [-0.25, -0.2) is 4.79 Å². The number of nitrogens with zero attached hydrogens (tertiary/aromatic N) is 1. The Labute approximate surface area is 100.0 Å². The molecule has 6 nitrogen and oxygen atoms in total. The minimum Gasteiger partial charge on any atom is -0.481 e. The standard InChI is InChI=1S/C7H11NO3.C2HF3O2/c1-5(9)8-3-2-6(4-8)7(10)11;3-2(4,5)1(6)7/h6H,2-4H2,1H3,(H,10,11);(H,6,7). The summed E-state index contributed by atoms with van der Waals surface area (Å²) < 4.78 is 31.7. The van der Waals surface area contributed by atoms with Gasteiger partial charge in [-0.1, -0.05) is 0 Å². The lowest BCUT2D eigenvalue weighted by Gasteiger charge is -2.11. The van der Waals surface area contributed by atoms with Crippen molar-refractivity contribution in [3.63, 3.8) is 0 Å². The highest BCUT2D eigenvalue weighted by atomic mass is 19.4. The summed E-state index contributed by atoms with van der Waals surface area (Å²) in [5, 5.41) is 15.7. The second-order valence-electron chi connectivity index (χ2n) is 3.59. The van der Waals surface area contributed by atoms with Crippen LogP contribution in [0.5, 0.6) is 0 Å². The summed E-state index contributed by atoms with van der Waals surface area (Å²) in [6.07, 6.45) is -4.49. The quantitative estimate of drug-likeness (QED) is 0.727. The van der Waals surface area contributed by atoms with E-state index in [1.54, 1.807) is 4.90 Å². The fourth-order valence-corrected chi connectivity index (χ4v) is 1.25. The van der Waals surface area contributed by atoms with Gasteiger partial charge in [-0.15, -0.1) is 0 Å². The molecule has 1 amide bonds. The van der Waals surface area contributed by atoms with Crippen molar-refractivity contribution < 1.29 is 37.8 Å². The van der Waals surface area contributed by atoms with Crippen LogP contribution in [0.1, 0.15) is 13.3 Å². The lowest BCUT2D eigenvalue weighted by Crippen LogP contribution is -2.27. The Balaban J connectivity index is 0.000000360. The first-order chi connectivity index (χ1) is 8.05. The van der Waals surface area contributed by atoms with Crippen LogP contribution in [-0.4, -0.2) is 52.2 Å². The van der Waals surface area contributed by atoms with Gasteiger partial charge in [0.2, 0.25) is 5.91 Å². The number of carbonyl (C=O) groups is 3. The van der Waals surface area contributed by atoms with Crippen molar-refractivity contribution in [1.29, 1.82) is 0 Å². The third kappa shape index (κ3) is 5.51. The number of amides is 1. The summed E-state index contributed by atoms with van der Waals surface area (Å²) in [6, 6.07) is 0. The Hall–Kier alpha value is -1.80. The van der Waals surface area contributed by atoms with Gasteiger partial charge < -0.3 is 15.1 Å². The first-order valence-electron chi connectivity index (χ1n) is 4.84. The molecule has 0 saturated carbocycles.